The van der Waals surface area contributed by atoms with Gasteiger partial charge in [0.1, 0.15) is 17.6 Å². The van der Waals surface area contributed by atoms with Gasteiger partial charge < -0.3 is 19.7 Å². The van der Waals surface area contributed by atoms with E-state index in [1.165, 1.54) is 11.8 Å². The molecule has 0 radical (unpaired) electrons. The number of hydrogen-bond acceptors (Lipinski definition) is 6. The van der Waals surface area contributed by atoms with Crippen LogP contribution in [0.25, 0.3) is 0 Å². The number of benzene rings is 1. The summed E-state index contributed by atoms with van der Waals surface area (Å²) >= 11 is 1.31. The van der Waals surface area contributed by atoms with Crippen molar-refractivity contribution < 1.29 is 24.5 Å². The van der Waals surface area contributed by atoms with Gasteiger partial charge >= 0.3 is 5.97 Å². The first-order valence-corrected chi connectivity index (χ1v) is 7.63. The maximum absolute atomic E-state index is 12.0. The van der Waals surface area contributed by atoms with E-state index in [0.717, 1.165) is 0 Å². The predicted octanol–water partition coefficient (Wildman–Crippen LogP) is 1.04. The highest BCUT2D eigenvalue weighted by Crippen LogP contribution is 2.28. The van der Waals surface area contributed by atoms with Crippen LogP contribution in [0.4, 0.5) is 0 Å². The van der Waals surface area contributed by atoms with Gasteiger partial charge in [0.15, 0.2) is 6.10 Å². The number of hydrogen-bond donors (Lipinski definition) is 2. The van der Waals surface area contributed by atoms with Crippen molar-refractivity contribution in [2.24, 2.45) is 0 Å². The minimum Gasteiger partial charge on any atom is -0.453 e. The average Bonchev–Trinajstić information content (AvgIpc) is 2.48. The quantitative estimate of drug-likeness (QED) is 0.812. The fourth-order valence-corrected chi connectivity index (χ4v) is 2.86. The summed E-state index contributed by atoms with van der Waals surface area (Å²) in [6.45, 7) is 1.71. The Morgan fingerprint density at radius 2 is 1.90 bits per heavy atom. The fourth-order valence-electron chi connectivity index (χ4n) is 2.13. The summed E-state index contributed by atoms with van der Waals surface area (Å²) in [5.74, 6) is -0.542. The van der Waals surface area contributed by atoms with Crippen molar-refractivity contribution in [3.63, 3.8) is 0 Å². The molecule has 5 atom stereocenters. The Hall–Kier alpha value is -1.08. The van der Waals surface area contributed by atoms with Crippen LogP contribution in [0, 0.1) is 0 Å². The maximum atomic E-state index is 12.0. The molecule has 2 N–H and O–H groups in total. The van der Waals surface area contributed by atoms with Gasteiger partial charge in [0.2, 0.25) is 0 Å². The third-order valence-electron chi connectivity index (χ3n) is 3.26. The van der Waals surface area contributed by atoms with Gasteiger partial charge in [0, 0.05) is 0 Å². The Balaban J connectivity index is 2.07. The molecule has 2 rings (SSSR count). The summed E-state index contributed by atoms with van der Waals surface area (Å²) in [6.07, 6.45) is -1.85. The van der Waals surface area contributed by atoms with Crippen molar-refractivity contribution in [3.8, 4) is 0 Å². The number of aliphatic hydroxyl groups excluding tert-OH is 2. The van der Waals surface area contributed by atoms with Crippen LogP contribution in [-0.4, -0.2) is 52.3 Å². The van der Waals surface area contributed by atoms with E-state index in [4.69, 9.17) is 9.47 Å². The number of esters is 1. The van der Waals surface area contributed by atoms with Crippen LogP contribution in [0.3, 0.4) is 0 Å². The molecule has 0 aliphatic carbocycles. The van der Waals surface area contributed by atoms with Crippen LogP contribution in [0.5, 0.6) is 0 Å². The molecule has 1 aromatic rings. The Kier molecular flexibility index (Phi) is 5.04. The van der Waals surface area contributed by atoms with Crippen LogP contribution in [0.15, 0.2) is 30.3 Å². The molecule has 20 heavy (non-hydrogen) atoms. The van der Waals surface area contributed by atoms with Gasteiger partial charge in [-0.05, 0) is 25.3 Å². The number of aliphatic hydroxyl groups is 2. The van der Waals surface area contributed by atoms with Crippen molar-refractivity contribution >= 4 is 17.7 Å². The van der Waals surface area contributed by atoms with Gasteiger partial charge in [0.25, 0.3) is 0 Å². The first-order valence-electron chi connectivity index (χ1n) is 6.35. The lowest BCUT2D eigenvalue weighted by Gasteiger charge is -2.40. The van der Waals surface area contributed by atoms with E-state index >= 15 is 0 Å². The van der Waals surface area contributed by atoms with E-state index in [1.807, 2.05) is 0 Å². The Morgan fingerprint density at radius 1 is 1.25 bits per heavy atom. The van der Waals surface area contributed by atoms with Gasteiger partial charge in [-0.15, -0.1) is 11.8 Å². The van der Waals surface area contributed by atoms with Crippen molar-refractivity contribution in [2.45, 2.75) is 36.8 Å². The average molecular weight is 298 g/mol. The summed E-state index contributed by atoms with van der Waals surface area (Å²) in [5, 5.41) is 20.0. The standard InChI is InChI=1S/C14H18O5S/c1-8-12(10(15)11(16)14(18-8)20-2)19-13(17)9-6-4-3-5-7-9/h3-8,10-12,14-16H,1-2H3/t8-,10-,11+,12-,14-/m0/s1. The molecule has 0 unspecified atom stereocenters. The first-order chi connectivity index (χ1) is 9.54. The summed E-state index contributed by atoms with van der Waals surface area (Å²) in [6, 6.07) is 8.51. The molecule has 1 aliphatic rings. The molecule has 0 bridgehead atoms. The molecule has 5 nitrogen and oxygen atoms in total. The SMILES string of the molecule is CS[C@@H]1O[C@@H](C)[C@H](OC(=O)c2ccccc2)[C@@H](O)[C@H]1O. The third kappa shape index (κ3) is 3.15. The second-order valence-corrected chi connectivity index (χ2v) is 5.60. The van der Waals surface area contributed by atoms with Crippen LogP contribution in [0.2, 0.25) is 0 Å². The first kappa shape index (κ1) is 15.3. The highest BCUT2D eigenvalue weighted by Gasteiger charge is 2.44. The summed E-state index contributed by atoms with van der Waals surface area (Å²) in [5.41, 5.74) is -0.125. The normalized spacial score (nSPS) is 33.7. The van der Waals surface area contributed by atoms with Crippen LogP contribution in [-0.2, 0) is 9.47 Å². The minimum absolute atomic E-state index is 0.397. The summed E-state index contributed by atoms with van der Waals surface area (Å²) in [4.78, 5) is 12.0. The highest BCUT2D eigenvalue weighted by molar-refractivity contribution is 7.99. The molecule has 0 saturated carbocycles. The number of carbonyl (C=O) groups excluding carboxylic acids is 1. The molecule has 0 spiro atoms. The van der Waals surface area contributed by atoms with Gasteiger partial charge in [-0.25, -0.2) is 4.79 Å². The number of carbonyl (C=O) groups is 1. The molecule has 0 aromatic heterocycles. The molecule has 1 heterocycles. The summed E-state index contributed by atoms with van der Waals surface area (Å²) < 4.78 is 10.8. The van der Waals surface area contributed by atoms with Crippen molar-refractivity contribution in [2.75, 3.05) is 6.26 Å². The van der Waals surface area contributed by atoms with E-state index in [-0.39, 0.29) is 0 Å². The molecule has 0 amide bonds. The smallest absolute Gasteiger partial charge is 0.338 e. The zero-order valence-corrected chi connectivity index (χ0v) is 12.1. The lowest BCUT2D eigenvalue weighted by molar-refractivity contribution is -0.193. The number of ether oxygens (including phenoxy) is 2. The molecule has 1 saturated heterocycles. The molecule has 1 fully saturated rings. The molecule has 110 valence electrons. The fraction of sp³-hybridized carbons (Fsp3) is 0.500. The second-order valence-electron chi connectivity index (χ2n) is 4.66. The Bertz CT molecular complexity index is 452. The number of thioether (sulfide) groups is 1. The minimum atomic E-state index is -1.16. The van der Waals surface area contributed by atoms with Crippen molar-refractivity contribution in [1.29, 1.82) is 0 Å². The number of rotatable bonds is 3. The summed E-state index contributed by atoms with van der Waals surface area (Å²) in [7, 11) is 0. The largest absolute Gasteiger partial charge is 0.453 e. The van der Waals surface area contributed by atoms with Crippen molar-refractivity contribution in [1.82, 2.24) is 0 Å². The maximum Gasteiger partial charge on any atom is 0.338 e. The van der Waals surface area contributed by atoms with Gasteiger partial charge in [0.05, 0.1) is 11.7 Å². The lowest BCUT2D eigenvalue weighted by Crippen LogP contribution is -2.57. The third-order valence-corrected chi connectivity index (χ3v) is 4.12. The van der Waals surface area contributed by atoms with Gasteiger partial charge in [-0.2, -0.15) is 0 Å². The van der Waals surface area contributed by atoms with Gasteiger partial charge in [-0.1, -0.05) is 18.2 Å². The van der Waals surface area contributed by atoms with Crippen LogP contribution < -0.4 is 0 Å². The van der Waals surface area contributed by atoms with E-state index in [1.54, 1.807) is 43.5 Å². The van der Waals surface area contributed by atoms with Gasteiger partial charge in [-0.3, -0.25) is 0 Å². The zero-order valence-electron chi connectivity index (χ0n) is 11.3. The van der Waals surface area contributed by atoms with Crippen LogP contribution >= 0.6 is 11.8 Å². The van der Waals surface area contributed by atoms with Crippen molar-refractivity contribution in [3.05, 3.63) is 35.9 Å². The van der Waals surface area contributed by atoms with E-state index in [0.29, 0.717) is 5.56 Å². The molecular weight excluding hydrogens is 280 g/mol. The molecule has 1 aliphatic heterocycles. The Labute approximate surface area is 121 Å². The second kappa shape index (κ2) is 6.58. The van der Waals surface area contributed by atoms with Crippen LogP contribution in [0.1, 0.15) is 17.3 Å². The topological polar surface area (TPSA) is 76.0 Å². The highest BCUT2D eigenvalue weighted by atomic mass is 32.2. The van der Waals surface area contributed by atoms with E-state index in [2.05, 4.69) is 0 Å². The van der Waals surface area contributed by atoms with E-state index in [9.17, 15) is 15.0 Å². The van der Waals surface area contributed by atoms with E-state index < -0.39 is 35.8 Å². The monoisotopic (exact) mass is 298 g/mol. The zero-order chi connectivity index (χ0) is 14.7. The molecule has 6 heteroatoms. The molecular formula is C14H18O5S. The predicted molar refractivity (Wildman–Crippen MR) is 75.5 cm³/mol. The Morgan fingerprint density at radius 3 is 2.50 bits per heavy atom. The lowest BCUT2D eigenvalue weighted by atomic mass is 10.0. The molecule has 1 aromatic carbocycles.